The van der Waals surface area contributed by atoms with E-state index in [0.29, 0.717) is 22.9 Å². The number of aryl methyl sites for hydroxylation is 2. The maximum Gasteiger partial charge on any atom is 0.150 e. The van der Waals surface area contributed by atoms with Gasteiger partial charge in [0.25, 0.3) is 0 Å². The molecule has 0 saturated carbocycles. The molecule has 0 spiro atoms. The van der Waals surface area contributed by atoms with Crippen LogP contribution in [0.2, 0.25) is 0 Å². The fourth-order valence-corrected chi connectivity index (χ4v) is 7.05. The van der Waals surface area contributed by atoms with E-state index in [0.717, 1.165) is 48.3 Å². The van der Waals surface area contributed by atoms with Crippen molar-refractivity contribution in [1.82, 2.24) is 0 Å². The van der Waals surface area contributed by atoms with Crippen LogP contribution in [0.1, 0.15) is 60.1 Å². The Bertz CT molecular complexity index is 1880. The summed E-state index contributed by atoms with van der Waals surface area (Å²) in [6.07, 6.45) is 4.10. The Morgan fingerprint density at radius 2 is 0.894 bits per heavy atom. The maximum atomic E-state index is 6.35. The van der Waals surface area contributed by atoms with E-state index in [9.17, 15) is 0 Å². The third kappa shape index (κ3) is 5.50. The first-order valence-electron chi connectivity index (χ1n) is 16.5. The topological polar surface area (TPSA) is 70.5 Å². The Labute approximate surface area is 277 Å². The smallest absolute Gasteiger partial charge is 0.150 e. The zero-order valence-corrected chi connectivity index (χ0v) is 27.0. The second-order valence-electron chi connectivity index (χ2n) is 12.3. The molecule has 4 N–H and O–H groups in total. The highest BCUT2D eigenvalue weighted by Crippen LogP contribution is 2.56. The average Bonchev–Trinajstić information content (AvgIpc) is 3.40. The van der Waals surface area contributed by atoms with E-state index in [1.807, 2.05) is 12.1 Å². The lowest BCUT2D eigenvalue weighted by atomic mass is 9.68. The summed E-state index contributed by atoms with van der Waals surface area (Å²) in [5.74, 6) is 2.86. The fraction of sp³-hybridized carbons (Fsp3) is 0.163. The second kappa shape index (κ2) is 12.7. The lowest BCUT2D eigenvalue weighted by molar-refractivity contribution is 0.483. The van der Waals surface area contributed by atoms with E-state index in [1.165, 1.54) is 33.4 Å². The number of fused-ring (bicyclic) bond motifs is 3. The third-order valence-corrected chi connectivity index (χ3v) is 9.22. The fourth-order valence-electron chi connectivity index (χ4n) is 7.05. The summed E-state index contributed by atoms with van der Waals surface area (Å²) in [6, 6.07) is 46.5. The van der Waals surface area contributed by atoms with Crippen LogP contribution in [-0.2, 0) is 18.3 Å². The Hall–Kier alpha value is -5.48. The summed E-state index contributed by atoms with van der Waals surface area (Å²) in [5, 5.41) is 0. The van der Waals surface area contributed by atoms with Gasteiger partial charge < -0.3 is 20.9 Å². The van der Waals surface area contributed by atoms with Gasteiger partial charge in [-0.05, 0) is 106 Å². The molecular weight excluding hydrogens is 576 g/mol. The van der Waals surface area contributed by atoms with E-state index in [1.54, 1.807) is 0 Å². The predicted molar refractivity (Wildman–Crippen MR) is 194 cm³/mol. The molecule has 0 aliphatic heterocycles. The van der Waals surface area contributed by atoms with Gasteiger partial charge in [-0.2, -0.15) is 0 Å². The standard InChI is InChI=1S/C43H40N2O2/c1-3-9-29-15-25-39(44)41(27-29)46-33-21-17-31(18-22-33)43(37-13-7-5-11-35(37)36-12-6-8-14-38(36)43)32-19-23-34(24-20-32)47-42-28-30(10-4-2)16-26-40(42)45/h5-8,11-28H,3-4,9-10,44-45H2,1-2H3. The van der Waals surface area contributed by atoms with Crippen molar-refractivity contribution >= 4 is 11.4 Å². The van der Waals surface area contributed by atoms with Gasteiger partial charge in [0.1, 0.15) is 11.5 Å². The van der Waals surface area contributed by atoms with Crippen LogP contribution in [0.25, 0.3) is 11.1 Å². The molecule has 6 aromatic carbocycles. The van der Waals surface area contributed by atoms with Gasteiger partial charge in [-0.15, -0.1) is 0 Å². The average molecular weight is 617 g/mol. The largest absolute Gasteiger partial charge is 0.455 e. The normalized spacial score (nSPS) is 12.7. The van der Waals surface area contributed by atoms with E-state index in [-0.39, 0.29) is 0 Å². The molecule has 0 atom stereocenters. The van der Waals surface area contributed by atoms with Gasteiger partial charge >= 0.3 is 0 Å². The highest BCUT2D eigenvalue weighted by molar-refractivity contribution is 5.86. The quantitative estimate of drug-likeness (QED) is 0.150. The molecule has 47 heavy (non-hydrogen) atoms. The molecule has 7 rings (SSSR count). The Kier molecular flexibility index (Phi) is 8.17. The highest BCUT2D eigenvalue weighted by atomic mass is 16.5. The summed E-state index contributed by atoms with van der Waals surface area (Å²) in [4.78, 5) is 0. The van der Waals surface area contributed by atoms with Crippen molar-refractivity contribution in [1.29, 1.82) is 0 Å². The predicted octanol–water partition coefficient (Wildman–Crippen LogP) is 10.7. The molecule has 4 nitrogen and oxygen atoms in total. The molecule has 0 unspecified atom stereocenters. The first kappa shape index (κ1) is 30.2. The Balaban J connectivity index is 1.30. The van der Waals surface area contributed by atoms with Crippen molar-refractivity contribution in [2.45, 2.75) is 44.9 Å². The van der Waals surface area contributed by atoms with Crippen LogP contribution in [-0.4, -0.2) is 0 Å². The zero-order valence-electron chi connectivity index (χ0n) is 27.0. The summed E-state index contributed by atoms with van der Waals surface area (Å²) in [5.41, 5.74) is 23.1. The second-order valence-corrected chi connectivity index (χ2v) is 12.3. The van der Waals surface area contributed by atoms with Crippen molar-refractivity contribution in [2.24, 2.45) is 0 Å². The first-order chi connectivity index (χ1) is 23.0. The SMILES string of the molecule is CCCc1ccc(N)c(Oc2ccc(C3(c4ccc(Oc5cc(CCC)ccc5N)cc4)c4ccccc4-c4ccccc43)cc2)c1. The number of hydrogen-bond acceptors (Lipinski definition) is 4. The van der Waals surface area contributed by atoms with Gasteiger partial charge in [0.05, 0.1) is 16.8 Å². The molecule has 0 radical (unpaired) electrons. The van der Waals surface area contributed by atoms with Crippen LogP contribution < -0.4 is 20.9 Å². The monoisotopic (exact) mass is 616 g/mol. The van der Waals surface area contributed by atoms with E-state index < -0.39 is 5.41 Å². The number of benzene rings is 6. The lowest BCUT2D eigenvalue weighted by Gasteiger charge is -2.34. The number of ether oxygens (including phenoxy) is 2. The molecule has 6 aromatic rings. The van der Waals surface area contributed by atoms with Gasteiger partial charge in [-0.3, -0.25) is 0 Å². The Morgan fingerprint density at radius 3 is 1.30 bits per heavy atom. The van der Waals surface area contributed by atoms with Gasteiger partial charge in [-0.25, -0.2) is 0 Å². The Morgan fingerprint density at radius 1 is 0.489 bits per heavy atom. The molecule has 0 aromatic heterocycles. The lowest BCUT2D eigenvalue weighted by Crippen LogP contribution is -2.28. The van der Waals surface area contributed by atoms with Crippen LogP contribution in [0.3, 0.4) is 0 Å². The molecule has 0 heterocycles. The first-order valence-corrected chi connectivity index (χ1v) is 16.5. The number of nitrogen functional groups attached to an aromatic ring is 2. The van der Waals surface area contributed by atoms with Gasteiger partial charge in [-0.1, -0.05) is 112 Å². The van der Waals surface area contributed by atoms with E-state index in [4.69, 9.17) is 20.9 Å². The van der Waals surface area contributed by atoms with Crippen molar-refractivity contribution in [3.8, 4) is 34.1 Å². The molecule has 0 bridgehead atoms. The molecule has 1 aliphatic carbocycles. The van der Waals surface area contributed by atoms with Gasteiger partial charge in [0, 0.05) is 0 Å². The highest BCUT2D eigenvalue weighted by Gasteiger charge is 2.45. The van der Waals surface area contributed by atoms with Crippen molar-refractivity contribution < 1.29 is 9.47 Å². The number of hydrogen-bond donors (Lipinski definition) is 2. The van der Waals surface area contributed by atoms with Crippen LogP contribution in [0.15, 0.2) is 133 Å². The van der Waals surface area contributed by atoms with Crippen molar-refractivity contribution in [3.05, 3.63) is 167 Å². The van der Waals surface area contributed by atoms with E-state index in [2.05, 4.69) is 135 Å². The number of rotatable bonds is 10. The minimum atomic E-state index is -0.537. The molecule has 0 amide bonds. The summed E-state index contributed by atoms with van der Waals surface area (Å²) in [7, 11) is 0. The summed E-state index contributed by atoms with van der Waals surface area (Å²) >= 11 is 0. The number of nitrogens with two attached hydrogens (primary N) is 2. The van der Waals surface area contributed by atoms with Crippen molar-refractivity contribution in [2.75, 3.05) is 11.5 Å². The van der Waals surface area contributed by atoms with Crippen molar-refractivity contribution in [3.63, 3.8) is 0 Å². The van der Waals surface area contributed by atoms with Crippen LogP contribution in [0.4, 0.5) is 11.4 Å². The van der Waals surface area contributed by atoms with Crippen LogP contribution in [0, 0.1) is 0 Å². The third-order valence-electron chi connectivity index (χ3n) is 9.22. The zero-order chi connectivity index (χ0) is 32.4. The van der Waals surface area contributed by atoms with E-state index >= 15 is 0 Å². The molecule has 0 fully saturated rings. The number of anilines is 2. The molecule has 4 heteroatoms. The molecule has 0 saturated heterocycles. The van der Waals surface area contributed by atoms with Crippen LogP contribution in [0.5, 0.6) is 23.0 Å². The minimum Gasteiger partial charge on any atom is -0.455 e. The van der Waals surface area contributed by atoms with Gasteiger partial charge in [0.15, 0.2) is 11.5 Å². The van der Waals surface area contributed by atoms with Gasteiger partial charge in [0.2, 0.25) is 0 Å². The van der Waals surface area contributed by atoms with Crippen LogP contribution >= 0.6 is 0 Å². The summed E-state index contributed by atoms with van der Waals surface area (Å²) < 4.78 is 12.7. The molecule has 234 valence electrons. The summed E-state index contributed by atoms with van der Waals surface area (Å²) in [6.45, 7) is 4.35. The minimum absolute atomic E-state index is 0.537. The molecular formula is C43H40N2O2. The molecule has 1 aliphatic rings. The maximum absolute atomic E-state index is 6.35.